The predicted molar refractivity (Wildman–Crippen MR) is 344 cm³/mol. The highest BCUT2D eigenvalue weighted by Crippen LogP contribution is 2.67. The summed E-state index contributed by atoms with van der Waals surface area (Å²) in [6.45, 7) is 0. The van der Waals surface area contributed by atoms with E-state index >= 15 is 17.6 Å². The summed E-state index contributed by atoms with van der Waals surface area (Å²) in [6.07, 6.45) is 0. The van der Waals surface area contributed by atoms with Crippen molar-refractivity contribution in [2.24, 2.45) is 0 Å². The molecular weight excluding hydrogens is 1130 g/mol. The van der Waals surface area contributed by atoms with Crippen molar-refractivity contribution in [1.82, 2.24) is 9.97 Å². The first-order chi connectivity index (χ1) is 43.6. The number of fused-ring (bicyclic) bond motifs is 27. The van der Waals surface area contributed by atoms with Crippen molar-refractivity contribution in [2.75, 3.05) is 0 Å². The van der Waals surface area contributed by atoms with Gasteiger partial charge in [0.1, 0.15) is 45.9 Å². The van der Waals surface area contributed by atoms with Crippen LogP contribution in [0.3, 0.4) is 0 Å². The maximum atomic E-state index is 15.9. The SMILES string of the molecule is Fc1cc(F)c(-c2ccc3c(c2)c2cc(-c4c(F)cc(F)cc4F)ccc2c2nc4c(-c5cccc6c5-c5ccccc5C65c6ccccc6-c6ccccc65)sc(-c5cccc6c5-c5ccccc5C65c6ccccc6-c6ccccc65)c4nc32)c(F)c1. The molecule has 9 heteroatoms. The van der Waals surface area contributed by atoms with Gasteiger partial charge in [0.2, 0.25) is 0 Å². The van der Waals surface area contributed by atoms with Gasteiger partial charge in [-0.15, -0.1) is 11.3 Å². The van der Waals surface area contributed by atoms with Crippen LogP contribution in [0.1, 0.15) is 44.5 Å². The van der Waals surface area contributed by atoms with Gasteiger partial charge in [0.15, 0.2) is 0 Å². The summed E-state index contributed by atoms with van der Waals surface area (Å²) >= 11 is 1.64. The van der Waals surface area contributed by atoms with E-state index in [1.165, 1.54) is 55.6 Å². The molecule has 0 fully saturated rings. The van der Waals surface area contributed by atoms with Crippen LogP contribution in [-0.4, -0.2) is 9.97 Å². The van der Waals surface area contributed by atoms with E-state index in [4.69, 9.17) is 9.97 Å². The minimum absolute atomic E-state index is 0.0937. The van der Waals surface area contributed by atoms with Crippen molar-refractivity contribution in [3.8, 4) is 87.6 Å². The number of rotatable bonds is 4. The van der Waals surface area contributed by atoms with E-state index in [1.54, 1.807) is 47.7 Å². The average Bonchev–Trinajstić information content (AvgIpc) is 1.53. The molecule has 2 spiro atoms. The van der Waals surface area contributed by atoms with Gasteiger partial charge in [0, 0.05) is 46.2 Å². The lowest BCUT2D eigenvalue weighted by atomic mass is 9.70. The molecule has 19 rings (SSSR count). The molecule has 0 radical (unpaired) electrons. The monoisotopic (exact) mass is 1170 g/mol. The van der Waals surface area contributed by atoms with Gasteiger partial charge in [-0.1, -0.05) is 206 Å². The van der Waals surface area contributed by atoms with E-state index in [9.17, 15) is 8.78 Å². The van der Waals surface area contributed by atoms with E-state index in [0.29, 0.717) is 67.9 Å². The third-order valence-electron chi connectivity index (χ3n) is 19.5. The van der Waals surface area contributed by atoms with Crippen molar-refractivity contribution in [3.63, 3.8) is 0 Å². The molecule has 15 aromatic rings. The number of halogens is 6. The molecular formula is C80H40F6N2S. The van der Waals surface area contributed by atoms with E-state index in [0.717, 1.165) is 54.3 Å². The summed E-state index contributed by atoms with van der Waals surface area (Å²) in [4.78, 5) is 13.4. The Kier molecular flexibility index (Phi) is 10.2. The molecule has 0 saturated heterocycles. The Morgan fingerprint density at radius 1 is 0.247 bits per heavy atom. The third-order valence-corrected chi connectivity index (χ3v) is 20.7. The Balaban J connectivity index is 0.951. The van der Waals surface area contributed by atoms with Crippen LogP contribution in [0, 0.1) is 34.9 Å². The van der Waals surface area contributed by atoms with E-state index in [-0.39, 0.29) is 11.1 Å². The Morgan fingerprint density at radius 2 is 0.539 bits per heavy atom. The predicted octanol–water partition coefficient (Wildman–Crippen LogP) is 21.3. The van der Waals surface area contributed by atoms with Crippen molar-refractivity contribution >= 4 is 54.9 Å². The largest absolute Gasteiger partial charge is 0.242 e. The fourth-order valence-electron chi connectivity index (χ4n) is 16.3. The van der Waals surface area contributed by atoms with Gasteiger partial charge < -0.3 is 0 Å². The zero-order valence-electron chi connectivity index (χ0n) is 46.7. The summed E-state index contributed by atoms with van der Waals surface area (Å²) in [5.74, 6) is -6.57. The summed E-state index contributed by atoms with van der Waals surface area (Å²) in [5, 5.41) is 1.92. The number of hydrogen-bond acceptors (Lipinski definition) is 3. The summed E-state index contributed by atoms with van der Waals surface area (Å²) in [5.41, 5.74) is 20.7. The Labute approximate surface area is 509 Å². The maximum absolute atomic E-state index is 15.9. The van der Waals surface area contributed by atoms with E-state index < -0.39 is 56.9 Å². The minimum Gasteiger partial charge on any atom is -0.242 e. The van der Waals surface area contributed by atoms with Crippen molar-refractivity contribution in [2.45, 2.75) is 10.8 Å². The van der Waals surface area contributed by atoms with Gasteiger partial charge >= 0.3 is 0 Å². The van der Waals surface area contributed by atoms with Crippen LogP contribution in [0.5, 0.6) is 0 Å². The number of aromatic nitrogens is 2. The molecule has 4 aliphatic carbocycles. The highest BCUT2D eigenvalue weighted by molar-refractivity contribution is 7.21. The topological polar surface area (TPSA) is 25.8 Å². The van der Waals surface area contributed by atoms with Crippen LogP contribution in [0.2, 0.25) is 0 Å². The highest BCUT2D eigenvalue weighted by atomic mass is 32.1. The molecule has 2 heterocycles. The van der Waals surface area contributed by atoms with E-state index in [1.807, 2.05) is 0 Å². The van der Waals surface area contributed by atoms with E-state index in [2.05, 4.69) is 182 Å². The molecule has 0 unspecified atom stereocenters. The van der Waals surface area contributed by atoms with Crippen LogP contribution in [0.15, 0.2) is 243 Å². The van der Waals surface area contributed by atoms with Crippen molar-refractivity contribution in [3.05, 3.63) is 322 Å². The lowest BCUT2D eigenvalue weighted by Gasteiger charge is -2.30. The fourth-order valence-corrected chi connectivity index (χ4v) is 17.5. The van der Waals surface area contributed by atoms with Gasteiger partial charge in [0.05, 0.1) is 42.7 Å². The van der Waals surface area contributed by atoms with Gasteiger partial charge in [-0.3, -0.25) is 0 Å². The second kappa shape index (κ2) is 17.9. The molecule has 0 amide bonds. The first-order valence-electron chi connectivity index (χ1n) is 29.4. The molecule has 0 N–H and O–H groups in total. The molecule has 2 nitrogen and oxygen atoms in total. The van der Waals surface area contributed by atoms with Crippen LogP contribution >= 0.6 is 11.3 Å². The van der Waals surface area contributed by atoms with Gasteiger partial charge in [-0.05, 0) is 123 Å². The van der Waals surface area contributed by atoms with Crippen LogP contribution < -0.4 is 0 Å². The minimum atomic E-state index is -1.11. The normalized spacial score (nSPS) is 13.9. The second-order valence-corrected chi connectivity index (χ2v) is 24.6. The zero-order chi connectivity index (χ0) is 59.3. The first kappa shape index (κ1) is 50.4. The molecule has 2 aromatic heterocycles. The molecule has 4 aliphatic rings. The van der Waals surface area contributed by atoms with Gasteiger partial charge in [-0.2, -0.15) is 0 Å². The van der Waals surface area contributed by atoms with Gasteiger partial charge in [0.25, 0.3) is 0 Å². The quantitative estimate of drug-likeness (QED) is 0.130. The Morgan fingerprint density at radius 3 is 0.888 bits per heavy atom. The lowest BCUT2D eigenvalue weighted by Crippen LogP contribution is -2.25. The Hall–Kier alpha value is -10.7. The smallest absolute Gasteiger partial charge is 0.136 e. The van der Waals surface area contributed by atoms with Gasteiger partial charge in [-0.25, -0.2) is 36.3 Å². The second-order valence-electron chi connectivity index (χ2n) is 23.6. The fraction of sp³-hybridized carbons (Fsp3) is 0.0250. The van der Waals surface area contributed by atoms with Crippen molar-refractivity contribution in [1.29, 1.82) is 0 Å². The van der Waals surface area contributed by atoms with Crippen molar-refractivity contribution < 1.29 is 26.3 Å². The molecule has 418 valence electrons. The molecule has 0 saturated carbocycles. The summed E-state index contributed by atoms with van der Waals surface area (Å²) in [6, 6.07) is 77.9. The van der Waals surface area contributed by atoms with Crippen LogP contribution in [0.4, 0.5) is 26.3 Å². The standard InChI is InChI=1S/C80H40F6N2S/c81-43-37-65(83)69(66(84)38-43)41-31-33-49-55(35-41)56-36-42(70-67(85)39-44(82)40-68(70)86)32-34-50(56)74-73(49)87-75-76(88-74)78(54-22-14-30-64-72(54)52-20-6-12-28-62(52)80(64)59-25-9-3-17-47(59)48-18-4-10-26-60(48)80)89-77(75)53-21-13-29-63-71(53)51-19-5-11-27-61(51)79(63)57-23-7-1-15-45(57)46-16-2-8-24-58(46)79/h1-40H. The zero-order valence-corrected chi connectivity index (χ0v) is 47.5. The summed E-state index contributed by atoms with van der Waals surface area (Å²) in [7, 11) is 0. The molecule has 13 aromatic carbocycles. The number of thiophene rings is 1. The van der Waals surface area contributed by atoms with Crippen LogP contribution in [-0.2, 0) is 10.8 Å². The molecule has 0 bridgehead atoms. The third kappa shape index (κ3) is 6.41. The Bertz CT molecular complexity index is 5260. The number of hydrogen-bond donors (Lipinski definition) is 0. The maximum Gasteiger partial charge on any atom is 0.136 e. The first-order valence-corrected chi connectivity index (χ1v) is 30.2. The molecule has 0 aliphatic heterocycles. The number of nitrogens with zero attached hydrogens (tertiary/aromatic N) is 2. The number of benzene rings is 13. The lowest BCUT2D eigenvalue weighted by molar-refractivity contribution is 0.547. The van der Waals surface area contributed by atoms with Crippen LogP contribution in [0.25, 0.3) is 131 Å². The molecule has 0 atom stereocenters. The molecule has 89 heavy (non-hydrogen) atoms. The average molecular weight is 1180 g/mol. The summed E-state index contributed by atoms with van der Waals surface area (Å²) < 4.78 is 92.6. The highest BCUT2D eigenvalue weighted by Gasteiger charge is 2.54.